The average molecular weight is 243 g/mol. The number of carboxylic acid groups (broad SMARTS) is 1. The molecule has 1 fully saturated rings. The van der Waals surface area contributed by atoms with Crippen LogP contribution in [0, 0.1) is 0 Å². The first-order valence-electron chi connectivity index (χ1n) is 4.48. The molecule has 1 aliphatic rings. The van der Waals surface area contributed by atoms with E-state index in [0.29, 0.717) is 0 Å². The third-order valence-corrected chi connectivity index (χ3v) is 2.31. The lowest BCUT2D eigenvalue weighted by Crippen LogP contribution is -2.55. The summed E-state index contributed by atoms with van der Waals surface area (Å²) in [6.45, 7) is -0.824. The van der Waals surface area contributed by atoms with Crippen molar-refractivity contribution in [3.05, 3.63) is 0 Å². The maximum absolute atomic E-state index is 12.9. The second-order valence-corrected chi connectivity index (χ2v) is 3.48. The zero-order valence-electron chi connectivity index (χ0n) is 8.00. The van der Waals surface area contributed by atoms with Crippen LogP contribution < -0.4 is 0 Å². The summed E-state index contributed by atoms with van der Waals surface area (Å²) in [6.07, 6.45) is -7.25. The van der Waals surface area contributed by atoms with Gasteiger partial charge >= 0.3 is 18.1 Å². The van der Waals surface area contributed by atoms with Crippen molar-refractivity contribution in [2.24, 2.45) is 0 Å². The first-order valence-corrected chi connectivity index (χ1v) is 4.48. The van der Waals surface area contributed by atoms with E-state index in [0.717, 1.165) is 0 Å². The van der Waals surface area contributed by atoms with E-state index >= 15 is 0 Å². The van der Waals surface area contributed by atoms with Gasteiger partial charge < -0.3 is 10.0 Å². The molecule has 0 aromatic rings. The number of carboxylic acids is 1. The molecule has 8 heteroatoms. The first kappa shape index (κ1) is 12.7. The zero-order chi connectivity index (χ0) is 12.5. The van der Waals surface area contributed by atoms with Crippen molar-refractivity contribution in [2.75, 3.05) is 6.54 Å². The van der Waals surface area contributed by atoms with Gasteiger partial charge in [0, 0.05) is 0 Å². The molecule has 1 aliphatic heterocycles. The smallest absolute Gasteiger partial charge is 0.471 e. The third-order valence-electron chi connectivity index (χ3n) is 2.31. The van der Waals surface area contributed by atoms with Crippen molar-refractivity contribution in [2.45, 2.75) is 31.2 Å². The Kier molecular flexibility index (Phi) is 3.39. The van der Waals surface area contributed by atoms with Crippen molar-refractivity contribution in [3.63, 3.8) is 0 Å². The number of likely N-dealkylation sites (tertiary alicyclic amines) is 1. The number of hydrogen-bond acceptors (Lipinski definition) is 2. The van der Waals surface area contributed by atoms with Gasteiger partial charge in [-0.3, -0.25) is 4.79 Å². The third kappa shape index (κ3) is 2.61. The van der Waals surface area contributed by atoms with Crippen molar-refractivity contribution < 1.29 is 32.3 Å². The van der Waals surface area contributed by atoms with Crippen LogP contribution in [0.25, 0.3) is 0 Å². The van der Waals surface area contributed by atoms with E-state index in [1.165, 1.54) is 0 Å². The van der Waals surface area contributed by atoms with Gasteiger partial charge in [-0.15, -0.1) is 0 Å². The molecule has 4 nitrogen and oxygen atoms in total. The summed E-state index contributed by atoms with van der Waals surface area (Å²) in [5, 5.41) is 8.63. The molecule has 0 saturated carbocycles. The second-order valence-electron chi connectivity index (χ2n) is 3.48. The number of aliphatic carboxylic acids is 1. The topological polar surface area (TPSA) is 57.6 Å². The van der Waals surface area contributed by atoms with Crippen molar-refractivity contribution in [1.29, 1.82) is 0 Å². The first-order chi connectivity index (χ1) is 7.23. The molecular weight excluding hydrogens is 234 g/mol. The quantitative estimate of drug-likeness (QED) is 0.698. The van der Waals surface area contributed by atoms with Crippen LogP contribution in [0.15, 0.2) is 0 Å². The fourth-order valence-corrected chi connectivity index (χ4v) is 1.57. The molecule has 92 valence electrons. The highest BCUT2D eigenvalue weighted by Gasteiger charge is 2.48. The summed E-state index contributed by atoms with van der Waals surface area (Å²) in [7, 11) is 0. The Labute approximate surface area is 87.8 Å². The van der Waals surface area contributed by atoms with Crippen LogP contribution in [-0.4, -0.2) is 46.8 Å². The lowest BCUT2D eigenvalue weighted by molar-refractivity contribution is -0.192. The molecule has 0 bridgehead atoms. The minimum Gasteiger partial charge on any atom is -0.480 e. The van der Waals surface area contributed by atoms with Gasteiger partial charge in [0.25, 0.3) is 0 Å². The van der Waals surface area contributed by atoms with E-state index < -0.39 is 36.8 Å². The summed E-state index contributed by atoms with van der Waals surface area (Å²) in [5.41, 5.74) is 0. The van der Waals surface area contributed by atoms with E-state index in [-0.39, 0.29) is 17.7 Å². The van der Waals surface area contributed by atoms with Crippen molar-refractivity contribution in [1.82, 2.24) is 4.90 Å². The molecule has 0 spiro atoms. The molecule has 2 atom stereocenters. The monoisotopic (exact) mass is 243 g/mol. The molecule has 0 unspecified atom stereocenters. The lowest BCUT2D eigenvalue weighted by Gasteiger charge is -2.34. The number of rotatable bonds is 1. The second kappa shape index (κ2) is 4.26. The van der Waals surface area contributed by atoms with Gasteiger partial charge in [-0.25, -0.2) is 9.18 Å². The normalized spacial score (nSPS) is 26.6. The van der Waals surface area contributed by atoms with Crippen LogP contribution in [0.4, 0.5) is 17.6 Å². The van der Waals surface area contributed by atoms with Crippen LogP contribution in [0.2, 0.25) is 0 Å². The van der Waals surface area contributed by atoms with Crippen LogP contribution in [-0.2, 0) is 9.59 Å². The van der Waals surface area contributed by atoms with E-state index in [2.05, 4.69) is 0 Å². The van der Waals surface area contributed by atoms with Crippen LogP contribution >= 0.6 is 0 Å². The Morgan fingerprint density at radius 2 is 1.81 bits per heavy atom. The maximum atomic E-state index is 12.9. The van der Waals surface area contributed by atoms with Crippen LogP contribution in [0.3, 0.4) is 0 Å². The molecule has 16 heavy (non-hydrogen) atoms. The summed E-state index contributed by atoms with van der Waals surface area (Å²) in [5.74, 6) is -3.85. The Balaban J connectivity index is 2.87. The van der Waals surface area contributed by atoms with Crippen molar-refractivity contribution >= 4 is 11.9 Å². The number of alkyl halides is 4. The number of piperidine rings is 1. The minimum atomic E-state index is -5.18. The fourth-order valence-electron chi connectivity index (χ4n) is 1.57. The van der Waals surface area contributed by atoms with E-state index in [4.69, 9.17) is 5.11 Å². The molecule has 1 rings (SSSR count). The molecule has 0 aromatic carbocycles. The largest absolute Gasteiger partial charge is 0.480 e. The number of carbonyl (C=O) groups excluding carboxylic acids is 1. The molecule has 1 saturated heterocycles. The fraction of sp³-hybridized carbons (Fsp3) is 0.750. The molecule has 0 radical (unpaired) electrons. The number of halogens is 4. The number of nitrogens with zero attached hydrogens (tertiary/aromatic N) is 1. The van der Waals surface area contributed by atoms with Gasteiger partial charge in [0.2, 0.25) is 0 Å². The summed E-state index contributed by atoms with van der Waals surface area (Å²) >= 11 is 0. The van der Waals surface area contributed by atoms with Gasteiger partial charge in [-0.1, -0.05) is 0 Å². The summed E-state index contributed by atoms with van der Waals surface area (Å²) in [4.78, 5) is 21.5. The predicted octanol–water partition coefficient (Wildman–Crippen LogP) is 0.962. The van der Waals surface area contributed by atoms with Gasteiger partial charge in [0.05, 0.1) is 6.54 Å². The number of carbonyl (C=O) groups is 2. The number of amides is 1. The Bertz CT molecular complexity index is 304. The molecule has 1 amide bonds. The van der Waals surface area contributed by atoms with Gasteiger partial charge in [-0.2, -0.15) is 13.2 Å². The summed E-state index contributed by atoms with van der Waals surface area (Å²) < 4.78 is 49.1. The Morgan fingerprint density at radius 1 is 1.25 bits per heavy atom. The zero-order valence-corrected chi connectivity index (χ0v) is 8.00. The van der Waals surface area contributed by atoms with Gasteiger partial charge in [0.15, 0.2) is 0 Å². The predicted molar refractivity (Wildman–Crippen MR) is 43.3 cm³/mol. The van der Waals surface area contributed by atoms with Gasteiger partial charge in [0.1, 0.15) is 12.2 Å². The molecular formula is C8H9F4NO3. The molecule has 0 aliphatic carbocycles. The van der Waals surface area contributed by atoms with Crippen molar-refractivity contribution in [3.8, 4) is 0 Å². The van der Waals surface area contributed by atoms with Crippen LogP contribution in [0.1, 0.15) is 12.8 Å². The number of hydrogen-bond donors (Lipinski definition) is 1. The summed E-state index contributed by atoms with van der Waals surface area (Å²) in [6, 6.07) is -1.60. The van der Waals surface area contributed by atoms with E-state index in [9.17, 15) is 27.2 Å². The lowest BCUT2D eigenvalue weighted by atomic mass is 10.0. The Morgan fingerprint density at radius 3 is 2.25 bits per heavy atom. The highest BCUT2D eigenvalue weighted by molar-refractivity contribution is 5.87. The molecule has 0 aromatic heterocycles. The van der Waals surface area contributed by atoms with E-state index in [1.807, 2.05) is 0 Å². The molecule has 1 heterocycles. The minimum absolute atomic E-state index is 0.0382. The maximum Gasteiger partial charge on any atom is 0.471 e. The highest BCUT2D eigenvalue weighted by Crippen LogP contribution is 2.26. The van der Waals surface area contributed by atoms with E-state index in [1.54, 1.807) is 0 Å². The van der Waals surface area contributed by atoms with Crippen LogP contribution in [0.5, 0.6) is 0 Å². The highest BCUT2D eigenvalue weighted by atomic mass is 19.4. The average Bonchev–Trinajstić information content (AvgIpc) is 2.14. The standard InChI is InChI=1S/C8H9F4NO3/c9-4-1-2-5(6(14)15)13(3-4)7(16)8(10,11)12/h4-5H,1-3H2,(H,14,15)/t4-,5+/m0/s1. The Hall–Kier alpha value is -1.34. The van der Waals surface area contributed by atoms with Gasteiger partial charge in [-0.05, 0) is 12.8 Å². The SMILES string of the molecule is O=C(O)[C@H]1CC[C@H](F)CN1C(=O)C(F)(F)F. The molecule has 1 N–H and O–H groups in total.